The van der Waals surface area contributed by atoms with Crippen LogP contribution in [0.4, 0.5) is 0 Å². The number of nitrogens with zero attached hydrogens (tertiary/aromatic N) is 1. The van der Waals surface area contributed by atoms with Gasteiger partial charge in [-0.25, -0.2) is 0 Å². The van der Waals surface area contributed by atoms with Gasteiger partial charge < -0.3 is 4.74 Å². The van der Waals surface area contributed by atoms with Crippen LogP contribution in [0.15, 0.2) is 22.7 Å². The van der Waals surface area contributed by atoms with Crippen molar-refractivity contribution in [1.82, 2.24) is 10.2 Å². The van der Waals surface area contributed by atoms with E-state index in [4.69, 9.17) is 4.74 Å². The average molecular weight is 309 g/mol. The Morgan fingerprint density at radius 3 is 2.83 bits per heavy atom. The molecule has 3 nitrogen and oxygen atoms in total. The zero-order valence-corrected chi connectivity index (χ0v) is 12.5. The lowest BCUT2D eigenvalue weighted by molar-refractivity contribution is 0.416. The summed E-state index contributed by atoms with van der Waals surface area (Å²) in [6.45, 7) is 4.20. The number of aryl methyl sites for hydroxylation is 2. The maximum atomic E-state index is 5.45. The minimum atomic E-state index is 0.875. The van der Waals surface area contributed by atoms with E-state index in [0.29, 0.717) is 0 Å². The van der Waals surface area contributed by atoms with Gasteiger partial charge in [0, 0.05) is 21.3 Å². The number of nitrogens with one attached hydrogen (secondary N) is 1. The number of benzene rings is 1. The third-order valence-corrected chi connectivity index (χ3v) is 3.43. The number of halogens is 1. The number of ether oxygens (including phenoxy) is 1. The van der Waals surface area contributed by atoms with Gasteiger partial charge in [-0.1, -0.05) is 29.3 Å². The van der Waals surface area contributed by atoms with Crippen molar-refractivity contribution in [2.45, 2.75) is 26.7 Å². The summed E-state index contributed by atoms with van der Waals surface area (Å²) in [7, 11) is 1.70. The molecule has 0 spiro atoms. The minimum Gasteiger partial charge on any atom is -0.496 e. The summed E-state index contributed by atoms with van der Waals surface area (Å²) in [6.07, 6.45) is 2.04. The molecule has 0 aliphatic heterocycles. The van der Waals surface area contributed by atoms with Gasteiger partial charge in [0.25, 0.3) is 0 Å². The van der Waals surface area contributed by atoms with E-state index in [0.717, 1.165) is 45.6 Å². The number of rotatable bonds is 4. The smallest absolute Gasteiger partial charge is 0.126 e. The predicted molar refractivity (Wildman–Crippen MR) is 77.0 cm³/mol. The first kappa shape index (κ1) is 13.1. The minimum absolute atomic E-state index is 0.875. The van der Waals surface area contributed by atoms with E-state index in [-0.39, 0.29) is 0 Å². The molecule has 2 rings (SSSR count). The zero-order chi connectivity index (χ0) is 13.1. The molecule has 0 atom stereocenters. The topological polar surface area (TPSA) is 37.9 Å². The Hall–Kier alpha value is -1.29. The Balaban J connectivity index is 2.60. The van der Waals surface area contributed by atoms with Gasteiger partial charge in [-0.05, 0) is 31.5 Å². The van der Waals surface area contributed by atoms with Gasteiger partial charge in [-0.15, -0.1) is 0 Å². The SMILES string of the molecule is CCCc1n[nH]c(C)c1-c1cc(Br)ccc1OC. The van der Waals surface area contributed by atoms with E-state index >= 15 is 0 Å². The highest BCUT2D eigenvalue weighted by atomic mass is 79.9. The van der Waals surface area contributed by atoms with Gasteiger partial charge in [0.15, 0.2) is 0 Å². The lowest BCUT2D eigenvalue weighted by Crippen LogP contribution is -1.92. The molecule has 0 saturated carbocycles. The molecule has 0 bridgehead atoms. The molecule has 1 N–H and O–H groups in total. The molecule has 96 valence electrons. The summed E-state index contributed by atoms with van der Waals surface area (Å²) in [5, 5.41) is 7.46. The second-order valence-corrected chi connectivity index (χ2v) is 5.18. The highest BCUT2D eigenvalue weighted by Crippen LogP contribution is 2.36. The molecule has 18 heavy (non-hydrogen) atoms. The third-order valence-electron chi connectivity index (χ3n) is 2.94. The monoisotopic (exact) mass is 308 g/mol. The Morgan fingerprint density at radius 1 is 1.39 bits per heavy atom. The van der Waals surface area contributed by atoms with Crippen molar-refractivity contribution in [3.05, 3.63) is 34.1 Å². The third kappa shape index (κ3) is 2.43. The lowest BCUT2D eigenvalue weighted by Gasteiger charge is -2.10. The molecule has 0 fully saturated rings. The van der Waals surface area contributed by atoms with E-state index in [1.54, 1.807) is 7.11 Å². The van der Waals surface area contributed by atoms with Crippen molar-refractivity contribution >= 4 is 15.9 Å². The van der Waals surface area contributed by atoms with Crippen LogP contribution in [0.1, 0.15) is 24.7 Å². The Bertz CT molecular complexity index is 549. The Morgan fingerprint density at radius 2 is 2.17 bits per heavy atom. The maximum absolute atomic E-state index is 5.45. The predicted octanol–water partition coefficient (Wildman–Crippen LogP) is 4.11. The molecule has 0 unspecified atom stereocenters. The molecule has 0 amide bonds. The summed E-state index contributed by atoms with van der Waals surface area (Å²) in [6, 6.07) is 6.04. The molecule has 0 saturated heterocycles. The molecule has 1 aromatic heterocycles. The van der Waals surface area contributed by atoms with Gasteiger partial charge >= 0.3 is 0 Å². The quantitative estimate of drug-likeness (QED) is 0.923. The highest BCUT2D eigenvalue weighted by molar-refractivity contribution is 9.10. The maximum Gasteiger partial charge on any atom is 0.126 e. The van der Waals surface area contributed by atoms with Crippen molar-refractivity contribution in [3.8, 4) is 16.9 Å². The molecule has 1 aromatic carbocycles. The number of hydrogen-bond donors (Lipinski definition) is 1. The van der Waals surface area contributed by atoms with Crippen molar-refractivity contribution < 1.29 is 4.74 Å². The van der Waals surface area contributed by atoms with E-state index in [9.17, 15) is 0 Å². The summed E-state index contributed by atoms with van der Waals surface area (Å²) < 4.78 is 6.49. The Kier molecular flexibility index (Phi) is 4.07. The largest absolute Gasteiger partial charge is 0.496 e. The van der Waals surface area contributed by atoms with E-state index in [1.165, 1.54) is 0 Å². The second kappa shape index (κ2) is 5.57. The molecule has 1 heterocycles. The fraction of sp³-hybridized carbons (Fsp3) is 0.357. The summed E-state index contributed by atoms with van der Waals surface area (Å²) in [5.74, 6) is 0.875. The summed E-state index contributed by atoms with van der Waals surface area (Å²) in [4.78, 5) is 0. The van der Waals surface area contributed by atoms with Crippen LogP contribution in [0.3, 0.4) is 0 Å². The van der Waals surface area contributed by atoms with E-state index in [2.05, 4.69) is 39.1 Å². The molecular formula is C14H17BrN2O. The number of H-pyrrole nitrogens is 1. The molecule has 0 aliphatic carbocycles. The molecule has 0 radical (unpaired) electrons. The zero-order valence-electron chi connectivity index (χ0n) is 10.9. The van der Waals surface area contributed by atoms with Crippen LogP contribution in [0.2, 0.25) is 0 Å². The van der Waals surface area contributed by atoms with Gasteiger partial charge in [0.1, 0.15) is 5.75 Å². The fourth-order valence-electron chi connectivity index (χ4n) is 2.13. The van der Waals surface area contributed by atoms with Crippen LogP contribution in [-0.2, 0) is 6.42 Å². The van der Waals surface area contributed by atoms with Gasteiger partial charge in [-0.2, -0.15) is 5.10 Å². The molecular weight excluding hydrogens is 292 g/mol. The average Bonchev–Trinajstić information content (AvgIpc) is 2.71. The molecule has 2 aromatic rings. The van der Waals surface area contributed by atoms with Gasteiger partial charge in [0.2, 0.25) is 0 Å². The Labute approximate surface area is 116 Å². The van der Waals surface area contributed by atoms with Crippen molar-refractivity contribution in [2.24, 2.45) is 0 Å². The van der Waals surface area contributed by atoms with Crippen molar-refractivity contribution in [1.29, 1.82) is 0 Å². The number of hydrogen-bond acceptors (Lipinski definition) is 2. The van der Waals surface area contributed by atoms with Crippen molar-refractivity contribution in [3.63, 3.8) is 0 Å². The van der Waals surface area contributed by atoms with Gasteiger partial charge in [-0.3, -0.25) is 5.10 Å². The van der Waals surface area contributed by atoms with Crippen LogP contribution >= 0.6 is 15.9 Å². The number of methoxy groups -OCH3 is 1. The number of aromatic amines is 1. The van der Waals surface area contributed by atoms with Crippen LogP contribution in [0.5, 0.6) is 5.75 Å². The van der Waals surface area contributed by atoms with Crippen LogP contribution < -0.4 is 4.74 Å². The first-order chi connectivity index (χ1) is 8.67. The lowest BCUT2D eigenvalue weighted by atomic mass is 10.0. The van der Waals surface area contributed by atoms with Gasteiger partial charge in [0.05, 0.1) is 12.8 Å². The first-order valence-electron chi connectivity index (χ1n) is 6.05. The second-order valence-electron chi connectivity index (χ2n) is 4.26. The summed E-state index contributed by atoms with van der Waals surface area (Å²) in [5.41, 5.74) is 4.43. The fourth-order valence-corrected chi connectivity index (χ4v) is 2.49. The first-order valence-corrected chi connectivity index (χ1v) is 6.84. The standard InChI is InChI=1S/C14H17BrN2O/c1-4-5-12-14(9(2)16-17-12)11-8-10(15)6-7-13(11)18-3/h6-8H,4-5H2,1-3H3,(H,16,17). The van der Waals surface area contributed by atoms with E-state index in [1.807, 2.05) is 19.1 Å². The summed E-state index contributed by atoms with van der Waals surface area (Å²) >= 11 is 3.51. The molecule has 4 heteroatoms. The number of aromatic nitrogens is 2. The van der Waals surface area contributed by atoms with Crippen LogP contribution in [0, 0.1) is 6.92 Å². The van der Waals surface area contributed by atoms with Crippen LogP contribution in [-0.4, -0.2) is 17.3 Å². The van der Waals surface area contributed by atoms with Crippen LogP contribution in [0.25, 0.3) is 11.1 Å². The molecule has 0 aliphatic rings. The van der Waals surface area contributed by atoms with Crippen molar-refractivity contribution in [2.75, 3.05) is 7.11 Å². The normalized spacial score (nSPS) is 10.7. The highest BCUT2D eigenvalue weighted by Gasteiger charge is 2.16. The van der Waals surface area contributed by atoms with E-state index < -0.39 is 0 Å².